The number of nitrogens with one attached hydrogen (secondary N) is 1. The van der Waals surface area contributed by atoms with Crippen molar-refractivity contribution < 1.29 is 9.18 Å². The molecule has 6 heteroatoms. The van der Waals surface area contributed by atoms with Crippen molar-refractivity contribution in [2.45, 2.75) is 25.1 Å². The lowest BCUT2D eigenvalue weighted by Gasteiger charge is -2.31. The zero-order valence-corrected chi connectivity index (χ0v) is 17.4. The fourth-order valence-corrected chi connectivity index (χ4v) is 4.55. The third kappa shape index (κ3) is 6.23. The van der Waals surface area contributed by atoms with Gasteiger partial charge in [0.1, 0.15) is 5.82 Å². The summed E-state index contributed by atoms with van der Waals surface area (Å²) < 4.78 is 13.8. The quantitative estimate of drug-likeness (QED) is 0.626. The Hall–Kier alpha value is -1.56. The van der Waals surface area contributed by atoms with Gasteiger partial charge in [0.15, 0.2) is 0 Å². The molecule has 0 spiro atoms. The largest absolute Gasteiger partial charge is 0.355 e. The van der Waals surface area contributed by atoms with Gasteiger partial charge in [-0.05, 0) is 43.6 Å². The Bertz CT molecular complexity index is 781. The summed E-state index contributed by atoms with van der Waals surface area (Å²) in [6, 6.07) is 14.7. The maximum Gasteiger partial charge on any atom is 0.223 e. The van der Waals surface area contributed by atoms with Gasteiger partial charge in [-0.15, -0.1) is 0 Å². The number of hydrogen-bond donors (Lipinski definition) is 1. The van der Waals surface area contributed by atoms with Gasteiger partial charge in [-0.3, -0.25) is 9.69 Å². The molecule has 0 radical (unpaired) electrons. The first-order chi connectivity index (χ1) is 13.6. The average molecular weight is 421 g/mol. The number of piperidine rings is 1. The number of rotatable bonds is 8. The van der Waals surface area contributed by atoms with Crippen LogP contribution in [0.2, 0.25) is 5.02 Å². The maximum atomic E-state index is 13.8. The fourth-order valence-electron chi connectivity index (χ4n) is 3.41. The molecule has 1 fully saturated rings. The predicted molar refractivity (Wildman–Crippen MR) is 115 cm³/mol. The van der Waals surface area contributed by atoms with Crippen LogP contribution in [-0.2, 0) is 17.1 Å². The molecule has 0 atom stereocenters. The van der Waals surface area contributed by atoms with Crippen molar-refractivity contribution in [3.05, 3.63) is 70.5 Å². The van der Waals surface area contributed by atoms with Gasteiger partial charge in [-0.2, -0.15) is 11.8 Å². The highest BCUT2D eigenvalue weighted by atomic mass is 35.5. The maximum absolute atomic E-state index is 13.8. The first-order valence-corrected chi connectivity index (χ1v) is 11.2. The molecule has 1 N–H and O–H groups in total. The lowest BCUT2D eigenvalue weighted by Crippen LogP contribution is -2.40. The molecule has 1 aliphatic rings. The molecule has 0 saturated carbocycles. The van der Waals surface area contributed by atoms with Crippen LogP contribution >= 0.6 is 23.4 Å². The van der Waals surface area contributed by atoms with Crippen molar-refractivity contribution in [1.82, 2.24) is 10.2 Å². The normalized spacial score (nSPS) is 15.5. The molecular formula is C22H26ClFN2OS. The number of nitrogens with zero attached hydrogens (tertiary/aromatic N) is 1. The molecule has 1 heterocycles. The van der Waals surface area contributed by atoms with Crippen LogP contribution in [-0.4, -0.2) is 36.2 Å². The Morgan fingerprint density at radius 3 is 2.50 bits per heavy atom. The van der Waals surface area contributed by atoms with E-state index in [4.69, 9.17) is 11.6 Å². The van der Waals surface area contributed by atoms with E-state index in [1.54, 1.807) is 17.8 Å². The fraction of sp³-hybridized carbons (Fsp3) is 0.409. The van der Waals surface area contributed by atoms with Crippen LogP contribution in [0.25, 0.3) is 0 Å². The van der Waals surface area contributed by atoms with Crippen molar-refractivity contribution in [1.29, 1.82) is 0 Å². The summed E-state index contributed by atoms with van der Waals surface area (Å²) in [7, 11) is 0. The topological polar surface area (TPSA) is 32.3 Å². The highest BCUT2D eigenvalue weighted by Gasteiger charge is 2.25. The zero-order valence-electron chi connectivity index (χ0n) is 15.9. The van der Waals surface area contributed by atoms with Gasteiger partial charge in [0.25, 0.3) is 0 Å². The van der Waals surface area contributed by atoms with Crippen LogP contribution in [0, 0.1) is 11.7 Å². The van der Waals surface area contributed by atoms with E-state index in [2.05, 4.69) is 10.2 Å². The van der Waals surface area contributed by atoms with Crippen LogP contribution in [0.4, 0.5) is 4.39 Å². The van der Waals surface area contributed by atoms with Gasteiger partial charge in [0, 0.05) is 41.1 Å². The van der Waals surface area contributed by atoms with E-state index in [0.29, 0.717) is 13.1 Å². The summed E-state index contributed by atoms with van der Waals surface area (Å²) in [5, 5.41) is 3.85. The number of hydrogen-bond acceptors (Lipinski definition) is 3. The Labute approximate surface area is 175 Å². The number of likely N-dealkylation sites (tertiary alicyclic amines) is 1. The molecule has 0 unspecified atom stereocenters. The minimum Gasteiger partial charge on any atom is -0.355 e. The van der Waals surface area contributed by atoms with E-state index in [9.17, 15) is 9.18 Å². The molecule has 28 heavy (non-hydrogen) atoms. The Morgan fingerprint density at radius 2 is 1.79 bits per heavy atom. The van der Waals surface area contributed by atoms with E-state index >= 15 is 0 Å². The predicted octanol–water partition coefficient (Wildman–Crippen LogP) is 4.74. The van der Waals surface area contributed by atoms with E-state index in [1.165, 1.54) is 6.07 Å². The molecule has 1 aliphatic heterocycles. The Morgan fingerprint density at radius 1 is 1.11 bits per heavy atom. The molecule has 2 aromatic rings. The van der Waals surface area contributed by atoms with Crippen molar-refractivity contribution in [3.63, 3.8) is 0 Å². The Balaban J connectivity index is 1.32. The van der Waals surface area contributed by atoms with Gasteiger partial charge < -0.3 is 5.32 Å². The van der Waals surface area contributed by atoms with Gasteiger partial charge in [0.05, 0.1) is 0 Å². The highest BCUT2D eigenvalue weighted by Crippen LogP contribution is 2.21. The summed E-state index contributed by atoms with van der Waals surface area (Å²) >= 11 is 7.92. The first-order valence-electron chi connectivity index (χ1n) is 9.68. The molecule has 3 rings (SSSR count). The van der Waals surface area contributed by atoms with Crippen molar-refractivity contribution in [2.75, 3.05) is 25.4 Å². The van der Waals surface area contributed by atoms with Crippen molar-refractivity contribution in [2.24, 2.45) is 5.92 Å². The third-order valence-corrected chi connectivity index (χ3v) is 6.45. The van der Waals surface area contributed by atoms with Crippen LogP contribution in [0.15, 0.2) is 48.5 Å². The monoisotopic (exact) mass is 420 g/mol. The lowest BCUT2D eigenvalue weighted by atomic mass is 9.95. The lowest BCUT2D eigenvalue weighted by molar-refractivity contribution is -0.126. The van der Waals surface area contributed by atoms with Crippen LogP contribution in [0.3, 0.4) is 0 Å². The van der Waals surface area contributed by atoms with E-state index in [0.717, 1.165) is 53.6 Å². The van der Waals surface area contributed by atoms with Gasteiger partial charge in [-0.25, -0.2) is 4.39 Å². The SMILES string of the molecule is O=C(NCCSCc1ccccc1Cl)C1CCN(Cc2ccccc2F)CC1. The van der Waals surface area contributed by atoms with Crippen LogP contribution in [0.1, 0.15) is 24.0 Å². The zero-order chi connectivity index (χ0) is 19.8. The van der Waals surface area contributed by atoms with Gasteiger partial charge in [-0.1, -0.05) is 48.0 Å². The molecule has 1 saturated heterocycles. The van der Waals surface area contributed by atoms with E-state index in [-0.39, 0.29) is 17.6 Å². The average Bonchev–Trinajstić information content (AvgIpc) is 2.71. The van der Waals surface area contributed by atoms with E-state index < -0.39 is 0 Å². The summed E-state index contributed by atoms with van der Waals surface area (Å²) in [6.07, 6.45) is 1.65. The molecular weight excluding hydrogens is 395 g/mol. The number of benzene rings is 2. The minimum atomic E-state index is -0.156. The molecule has 3 nitrogen and oxygen atoms in total. The Kier molecular flexibility index (Phi) is 8.19. The molecule has 0 aliphatic carbocycles. The van der Waals surface area contributed by atoms with Crippen molar-refractivity contribution in [3.8, 4) is 0 Å². The number of halogens is 2. The van der Waals surface area contributed by atoms with E-state index in [1.807, 2.05) is 36.4 Å². The minimum absolute atomic E-state index is 0.0606. The molecule has 150 valence electrons. The summed E-state index contributed by atoms with van der Waals surface area (Å²) in [6.45, 7) is 2.93. The van der Waals surface area contributed by atoms with Crippen LogP contribution < -0.4 is 5.32 Å². The summed E-state index contributed by atoms with van der Waals surface area (Å²) in [5.41, 5.74) is 1.85. The second-order valence-corrected chi connectivity index (χ2v) is 8.59. The molecule has 2 aromatic carbocycles. The first kappa shape index (κ1) is 21.2. The highest BCUT2D eigenvalue weighted by molar-refractivity contribution is 7.98. The number of carbonyl (C=O) groups excluding carboxylic acids is 1. The third-order valence-electron chi connectivity index (χ3n) is 5.07. The smallest absolute Gasteiger partial charge is 0.223 e. The molecule has 1 amide bonds. The van der Waals surface area contributed by atoms with Crippen LogP contribution in [0.5, 0.6) is 0 Å². The second-order valence-electron chi connectivity index (χ2n) is 7.08. The van der Waals surface area contributed by atoms with Gasteiger partial charge >= 0.3 is 0 Å². The number of thioether (sulfide) groups is 1. The standard InChI is InChI=1S/C22H26ClFN2OS/c23-20-7-3-1-6-19(20)16-28-14-11-25-22(27)17-9-12-26(13-10-17)15-18-5-2-4-8-21(18)24/h1-8,17H,9-16H2,(H,25,27). The molecule has 0 aromatic heterocycles. The molecule has 0 bridgehead atoms. The second kappa shape index (κ2) is 10.8. The van der Waals surface area contributed by atoms with Gasteiger partial charge in [0.2, 0.25) is 5.91 Å². The summed E-state index contributed by atoms with van der Waals surface area (Å²) in [4.78, 5) is 14.6. The number of amides is 1. The van der Waals surface area contributed by atoms with Crippen molar-refractivity contribution >= 4 is 29.3 Å². The number of carbonyl (C=O) groups is 1. The summed E-state index contributed by atoms with van der Waals surface area (Å²) in [5.74, 6) is 1.76.